The first kappa shape index (κ1) is 24.0. The predicted octanol–water partition coefficient (Wildman–Crippen LogP) is 3.78. The minimum absolute atomic E-state index is 0.0345. The summed E-state index contributed by atoms with van der Waals surface area (Å²) in [5, 5.41) is -0.0374. The summed E-state index contributed by atoms with van der Waals surface area (Å²) in [6, 6.07) is 5.30. The Morgan fingerprint density at radius 3 is 2.24 bits per heavy atom. The van der Waals surface area contributed by atoms with Gasteiger partial charge < -0.3 is 4.90 Å². The van der Waals surface area contributed by atoms with Crippen molar-refractivity contribution in [2.45, 2.75) is 49.5 Å². The molecular formula is C22H21F4N5O2S. The molecule has 7 nitrogen and oxygen atoms in total. The van der Waals surface area contributed by atoms with Gasteiger partial charge in [0.15, 0.2) is 26.5 Å². The molecular weight excluding hydrogens is 474 g/mol. The zero-order valence-corrected chi connectivity index (χ0v) is 18.9. The van der Waals surface area contributed by atoms with Gasteiger partial charge in [-0.05, 0) is 48.9 Å². The summed E-state index contributed by atoms with van der Waals surface area (Å²) in [6.07, 6.45) is 2.66. The highest BCUT2D eigenvalue weighted by molar-refractivity contribution is 7.90. The van der Waals surface area contributed by atoms with Crippen molar-refractivity contribution in [2.75, 3.05) is 11.2 Å². The molecule has 4 rings (SSSR count). The number of aryl methyl sites for hydroxylation is 2. The van der Waals surface area contributed by atoms with Gasteiger partial charge in [-0.15, -0.1) is 0 Å². The van der Waals surface area contributed by atoms with Gasteiger partial charge in [0.05, 0.1) is 5.69 Å². The molecule has 0 amide bonds. The van der Waals surface area contributed by atoms with Crippen LogP contribution in [0.2, 0.25) is 0 Å². The lowest BCUT2D eigenvalue weighted by atomic mass is 10.1. The fourth-order valence-electron chi connectivity index (χ4n) is 3.46. The molecule has 1 aliphatic rings. The van der Waals surface area contributed by atoms with E-state index in [9.17, 15) is 21.6 Å². The van der Waals surface area contributed by atoms with Crippen molar-refractivity contribution in [3.8, 4) is 0 Å². The third kappa shape index (κ3) is 5.66. The zero-order chi connectivity index (χ0) is 24.5. The molecule has 0 N–H and O–H groups in total. The molecule has 0 aromatic carbocycles. The lowest BCUT2D eigenvalue weighted by Crippen LogP contribution is -2.28. The molecule has 180 valence electrons. The van der Waals surface area contributed by atoms with Crippen LogP contribution in [-0.2, 0) is 35.4 Å². The Labute approximate surface area is 193 Å². The van der Waals surface area contributed by atoms with Crippen molar-refractivity contribution in [1.82, 2.24) is 19.9 Å². The second kappa shape index (κ2) is 9.24. The van der Waals surface area contributed by atoms with Crippen LogP contribution in [-0.4, -0.2) is 40.7 Å². The summed E-state index contributed by atoms with van der Waals surface area (Å²) in [4.78, 5) is 17.3. The first-order valence-electron chi connectivity index (χ1n) is 10.5. The van der Waals surface area contributed by atoms with Gasteiger partial charge in [-0.1, -0.05) is 12.1 Å². The summed E-state index contributed by atoms with van der Waals surface area (Å²) in [5.41, 5.74) is 0.440. The van der Waals surface area contributed by atoms with Crippen LogP contribution in [0, 0.1) is 5.82 Å². The normalized spacial score (nSPS) is 14.3. The van der Waals surface area contributed by atoms with Crippen LogP contribution in [0.5, 0.6) is 0 Å². The number of anilines is 1. The van der Waals surface area contributed by atoms with Crippen molar-refractivity contribution in [3.63, 3.8) is 0 Å². The Kier molecular flexibility index (Phi) is 6.52. The topological polar surface area (TPSA) is 88.9 Å². The molecule has 0 radical (unpaired) electrons. The van der Waals surface area contributed by atoms with E-state index in [4.69, 9.17) is 0 Å². The smallest absolute Gasteiger partial charge is 0.347 e. The molecule has 0 atom stereocenters. The molecule has 3 aromatic heterocycles. The van der Waals surface area contributed by atoms with Gasteiger partial charge in [0.1, 0.15) is 12.0 Å². The van der Waals surface area contributed by atoms with E-state index in [0.717, 1.165) is 36.9 Å². The Morgan fingerprint density at radius 2 is 1.68 bits per heavy atom. The highest BCUT2D eigenvalue weighted by Gasteiger charge is 2.34. The summed E-state index contributed by atoms with van der Waals surface area (Å²) in [7, 11) is -3.40. The first-order chi connectivity index (χ1) is 16.0. The van der Waals surface area contributed by atoms with Crippen LogP contribution in [0.1, 0.15) is 35.4 Å². The molecule has 0 unspecified atom stereocenters. The molecule has 3 aromatic rings. The maximum atomic E-state index is 15.3. The number of hydrogen-bond acceptors (Lipinski definition) is 7. The number of halogens is 4. The Balaban J connectivity index is 1.50. The molecule has 0 spiro atoms. The molecule has 1 saturated carbocycles. The van der Waals surface area contributed by atoms with Crippen molar-refractivity contribution >= 4 is 15.7 Å². The third-order valence-electron chi connectivity index (χ3n) is 5.40. The Bertz CT molecular complexity index is 1260. The average Bonchev–Trinajstić information content (AvgIpc) is 3.62. The third-order valence-corrected chi connectivity index (χ3v) is 6.40. The second-order valence-corrected chi connectivity index (χ2v) is 10.1. The highest BCUT2D eigenvalue weighted by Crippen LogP contribution is 2.34. The number of alkyl halides is 3. The van der Waals surface area contributed by atoms with E-state index < -0.39 is 27.5 Å². The van der Waals surface area contributed by atoms with Crippen LogP contribution in [0.15, 0.2) is 48.0 Å². The van der Waals surface area contributed by atoms with E-state index >= 15 is 4.39 Å². The van der Waals surface area contributed by atoms with E-state index in [1.165, 1.54) is 24.7 Å². The predicted molar refractivity (Wildman–Crippen MR) is 115 cm³/mol. The highest BCUT2D eigenvalue weighted by atomic mass is 32.2. The van der Waals surface area contributed by atoms with E-state index in [1.807, 2.05) is 0 Å². The maximum absolute atomic E-state index is 15.3. The van der Waals surface area contributed by atoms with E-state index in [0.29, 0.717) is 12.0 Å². The molecule has 34 heavy (non-hydrogen) atoms. The Morgan fingerprint density at radius 1 is 0.971 bits per heavy atom. The molecule has 1 aliphatic carbocycles. The SMILES string of the molecule is CS(=O)(=O)c1ccc(CCc2ncnc(N(Cc3ccc(C(F)(F)F)nc3)C3CC3)c2F)cn1. The van der Waals surface area contributed by atoms with Crippen LogP contribution in [0.3, 0.4) is 0 Å². The zero-order valence-electron chi connectivity index (χ0n) is 18.1. The van der Waals surface area contributed by atoms with Gasteiger partial charge in [0.2, 0.25) is 0 Å². The molecule has 3 heterocycles. The molecule has 0 aliphatic heterocycles. The lowest BCUT2D eigenvalue weighted by Gasteiger charge is -2.24. The van der Waals surface area contributed by atoms with Gasteiger partial charge in [0, 0.05) is 31.2 Å². The second-order valence-electron chi connectivity index (χ2n) is 8.14. The van der Waals surface area contributed by atoms with Gasteiger partial charge in [0.25, 0.3) is 0 Å². The largest absolute Gasteiger partial charge is 0.433 e. The summed E-state index contributed by atoms with van der Waals surface area (Å²) in [6.45, 7) is 0.167. The first-order valence-corrected chi connectivity index (χ1v) is 12.3. The number of sulfone groups is 1. The van der Waals surface area contributed by atoms with Crippen LogP contribution >= 0.6 is 0 Å². The van der Waals surface area contributed by atoms with Crippen LogP contribution in [0.4, 0.5) is 23.4 Å². The van der Waals surface area contributed by atoms with Crippen molar-refractivity contribution in [3.05, 3.63) is 71.3 Å². The quantitative estimate of drug-likeness (QED) is 0.440. The summed E-state index contributed by atoms with van der Waals surface area (Å²) < 4.78 is 76.7. The van der Waals surface area contributed by atoms with E-state index in [1.54, 1.807) is 11.0 Å². The number of nitrogens with zero attached hydrogens (tertiary/aromatic N) is 5. The van der Waals surface area contributed by atoms with E-state index in [2.05, 4.69) is 19.9 Å². The monoisotopic (exact) mass is 495 g/mol. The van der Waals surface area contributed by atoms with Gasteiger partial charge >= 0.3 is 6.18 Å². The summed E-state index contributed by atoms with van der Waals surface area (Å²) in [5.74, 6) is -0.493. The Hall–Kier alpha value is -3.15. The minimum Gasteiger partial charge on any atom is -0.347 e. The van der Waals surface area contributed by atoms with Crippen molar-refractivity contribution in [1.29, 1.82) is 0 Å². The number of rotatable bonds is 8. The maximum Gasteiger partial charge on any atom is 0.433 e. The molecule has 12 heteroatoms. The van der Waals surface area contributed by atoms with E-state index in [-0.39, 0.29) is 35.5 Å². The standard InChI is InChI=1S/C22H21F4N5O2S/c1-34(32,33)19-9-4-14(10-28-19)2-7-17-20(23)21(30-13-29-17)31(16-5-6-16)12-15-3-8-18(27-11-15)22(24,25)26/h3-4,8-11,13,16H,2,5-7,12H2,1H3. The molecule has 0 bridgehead atoms. The fourth-order valence-corrected chi connectivity index (χ4v) is 4.02. The van der Waals surface area contributed by atoms with Gasteiger partial charge in [-0.3, -0.25) is 4.98 Å². The number of pyridine rings is 2. The fraction of sp³-hybridized carbons (Fsp3) is 0.364. The minimum atomic E-state index is -4.52. The molecule has 1 fully saturated rings. The van der Waals surface area contributed by atoms with Crippen molar-refractivity contribution in [2.24, 2.45) is 0 Å². The van der Waals surface area contributed by atoms with Crippen LogP contribution in [0.25, 0.3) is 0 Å². The van der Waals surface area contributed by atoms with Crippen LogP contribution < -0.4 is 4.90 Å². The molecule has 0 saturated heterocycles. The summed E-state index contributed by atoms with van der Waals surface area (Å²) >= 11 is 0. The average molecular weight is 496 g/mol. The number of aromatic nitrogens is 4. The van der Waals surface area contributed by atoms with Gasteiger partial charge in [-0.25, -0.2) is 27.8 Å². The lowest BCUT2D eigenvalue weighted by molar-refractivity contribution is -0.141. The number of hydrogen-bond donors (Lipinski definition) is 0. The van der Waals surface area contributed by atoms with Gasteiger partial charge in [-0.2, -0.15) is 13.2 Å². The van der Waals surface area contributed by atoms with Crippen molar-refractivity contribution < 1.29 is 26.0 Å².